The van der Waals surface area contributed by atoms with Crippen LogP contribution in [0.1, 0.15) is 23.4 Å². The molecule has 6 nitrogen and oxygen atoms in total. The number of hydrogen-bond acceptors (Lipinski definition) is 3. The second-order valence-electron chi connectivity index (χ2n) is 7.24. The van der Waals surface area contributed by atoms with Gasteiger partial charge in [0.05, 0.1) is 28.7 Å². The zero-order valence-corrected chi connectivity index (χ0v) is 17.2. The predicted octanol–water partition coefficient (Wildman–Crippen LogP) is 4.06. The monoisotopic (exact) mass is 399 g/mol. The van der Waals surface area contributed by atoms with Crippen molar-refractivity contribution in [2.24, 2.45) is 0 Å². The lowest BCUT2D eigenvalue weighted by molar-refractivity contribution is -0.116. The molecule has 152 valence electrons. The highest BCUT2D eigenvalue weighted by Crippen LogP contribution is 2.19. The van der Waals surface area contributed by atoms with Crippen molar-refractivity contribution in [2.75, 3.05) is 6.54 Å². The standard InChI is InChI=1S/C24H25N5O/c1-18-21(19(2)29(27-18)20-9-4-3-5-10-20)13-14-24(30)25-15-8-16-28-17-26-22-11-6-7-12-23(22)28/h3-7,9-14,17H,8,15-16H2,1-2H3,(H,25,30)/b14-13+. The Morgan fingerprint density at radius 3 is 2.67 bits per heavy atom. The molecule has 0 aliphatic carbocycles. The minimum atomic E-state index is -0.100. The van der Waals surface area contributed by atoms with Crippen molar-refractivity contribution in [1.82, 2.24) is 24.6 Å². The Morgan fingerprint density at radius 1 is 1.07 bits per heavy atom. The SMILES string of the molecule is Cc1nn(-c2ccccc2)c(C)c1/C=C/C(=O)NCCCn1cnc2ccccc21. The lowest BCUT2D eigenvalue weighted by atomic mass is 10.2. The van der Waals surface area contributed by atoms with Crippen LogP contribution in [-0.4, -0.2) is 31.8 Å². The van der Waals surface area contributed by atoms with E-state index in [-0.39, 0.29) is 5.91 Å². The maximum absolute atomic E-state index is 12.2. The summed E-state index contributed by atoms with van der Waals surface area (Å²) >= 11 is 0. The van der Waals surface area contributed by atoms with Crippen molar-refractivity contribution < 1.29 is 4.79 Å². The van der Waals surface area contributed by atoms with Gasteiger partial charge >= 0.3 is 0 Å². The Bertz CT molecular complexity index is 1190. The number of hydrogen-bond donors (Lipinski definition) is 1. The number of carbonyl (C=O) groups excluding carboxylic acids is 1. The minimum absolute atomic E-state index is 0.100. The van der Waals surface area contributed by atoms with Gasteiger partial charge in [0.15, 0.2) is 0 Å². The van der Waals surface area contributed by atoms with Crippen LogP contribution in [0, 0.1) is 13.8 Å². The predicted molar refractivity (Wildman–Crippen MR) is 119 cm³/mol. The number of nitrogens with zero attached hydrogens (tertiary/aromatic N) is 4. The summed E-state index contributed by atoms with van der Waals surface area (Å²) in [5, 5.41) is 7.57. The van der Waals surface area contributed by atoms with Gasteiger partial charge in [-0.2, -0.15) is 5.10 Å². The molecular formula is C24H25N5O. The Labute approximate surface area is 175 Å². The highest BCUT2D eigenvalue weighted by Gasteiger charge is 2.10. The molecule has 0 radical (unpaired) electrons. The lowest BCUT2D eigenvalue weighted by Crippen LogP contribution is -2.23. The molecular weight excluding hydrogens is 374 g/mol. The van der Waals surface area contributed by atoms with Crippen molar-refractivity contribution in [3.63, 3.8) is 0 Å². The number of aryl methyl sites for hydroxylation is 2. The van der Waals surface area contributed by atoms with Crippen molar-refractivity contribution >= 4 is 23.0 Å². The average molecular weight is 399 g/mol. The fraction of sp³-hybridized carbons (Fsp3) is 0.208. The number of imidazole rings is 1. The van der Waals surface area contributed by atoms with Crippen LogP contribution in [0.3, 0.4) is 0 Å². The van der Waals surface area contributed by atoms with Gasteiger partial charge in [-0.05, 0) is 50.6 Å². The van der Waals surface area contributed by atoms with Crippen LogP contribution < -0.4 is 5.32 Å². The molecule has 4 rings (SSSR count). The summed E-state index contributed by atoms with van der Waals surface area (Å²) in [5.41, 5.74) is 5.99. The fourth-order valence-corrected chi connectivity index (χ4v) is 3.58. The molecule has 2 aromatic carbocycles. The van der Waals surface area contributed by atoms with E-state index in [0.29, 0.717) is 6.54 Å². The Balaban J connectivity index is 1.32. The molecule has 0 bridgehead atoms. The van der Waals surface area contributed by atoms with Crippen LogP contribution >= 0.6 is 0 Å². The van der Waals surface area contributed by atoms with E-state index in [0.717, 1.165) is 46.6 Å². The van der Waals surface area contributed by atoms with Crippen LogP contribution in [-0.2, 0) is 11.3 Å². The number of carbonyl (C=O) groups is 1. The summed E-state index contributed by atoms with van der Waals surface area (Å²) in [7, 11) is 0. The number of fused-ring (bicyclic) bond motifs is 1. The van der Waals surface area contributed by atoms with E-state index in [2.05, 4.69) is 26.0 Å². The van der Waals surface area contributed by atoms with Crippen LogP contribution in [0.4, 0.5) is 0 Å². The molecule has 4 aromatic rings. The third-order valence-electron chi connectivity index (χ3n) is 5.15. The molecule has 0 atom stereocenters. The van der Waals surface area contributed by atoms with Crippen LogP contribution in [0.2, 0.25) is 0 Å². The second kappa shape index (κ2) is 8.78. The number of amides is 1. The van der Waals surface area contributed by atoms with Crippen molar-refractivity contribution in [3.05, 3.63) is 84.0 Å². The molecule has 1 N–H and O–H groups in total. The molecule has 0 saturated heterocycles. The van der Waals surface area contributed by atoms with Crippen molar-refractivity contribution in [2.45, 2.75) is 26.8 Å². The number of benzene rings is 2. The number of para-hydroxylation sites is 3. The molecule has 0 spiro atoms. The van der Waals surface area contributed by atoms with Gasteiger partial charge in [-0.3, -0.25) is 4.79 Å². The van der Waals surface area contributed by atoms with Gasteiger partial charge < -0.3 is 9.88 Å². The minimum Gasteiger partial charge on any atom is -0.352 e. The van der Waals surface area contributed by atoms with Gasteiger partial charge in [-0.15, -0.1) is 0 Å². The fourth-order valence-electron chi connectivity index (χ4n) is 3.58. The maximum Gasteiger partial charge on any atom is 0.244 e. The average Bonchev–Trinajstić information content (AvgIpc) is 3.31. The first kappa shape index (κ1) is 19.6. The number of aromatic nitrogens is 4. The Kier molecular flexibility index (Phi) is 5.75. The first-order valence-electron chi connectivity index (χ1n) is 10.1. The lowest BCUT2D eigenvalue weighted by Gasteiger charge is -2.05. The van der Waals surface area contributed by atoms with Crippen molar-refractivity contribution in [1.29, 1.82) is 0 Å². The molecule has 0 unspecified atom stereocenters. The van der Waals surface area contributed by atoms with Gasteiger partial charge in [0.25, 0.3) is 0 Å². The summed E-state index contributed by atoms with van der Waals surface area (Å²) in [6, 6.07) is 18.0. The third-order valence-corrected chi connectivity index (χ3v) is 5.15. The highest BCUT2D eigenvalue weighted by molar-refractivity contribution is 5.92. The summed E-state index contributed by atoms with van der Waals surface area (Å²) in [6.45, 7) is 5.39. The molecule has 6 heteroatoms. The van der Waals surface area contributed by atoms with E-state index in [1.807, 2.05) is 79.5 Å². The number of nitrogens with one attached hydrogen (secondary N) is 1. The van der Waals surface area contributed by atoms with Gasteiger partial charge in [-0.1, -0.05) is 30.3 Å². The summed E-state index contributed by atoms with van der Waals surface area (Å²) in [6.07, 6.45) is 6.11. The smallest absolute Gasteiger partial charge is 0.244 e. The van der Waals surface area contributed by atoms with Gasteiger partial charge in [0.2, 0.25) is 5.91 Å². The second-order valence-corrected chi connectivity index (χ2v) is 7.24. The number of rotatable bonds is 7. The zero-order valence-electron chi connectivity index (χ0n) is 17.2. The molecule has 1 amide bonds. The molecule has 2 aromatic heterocycles. The van der Waals surface area contributed by atoms with E-state index in [1.54, 1.807) is 6.08 Å². The zero-order chi connectivity index (χ0) is 20.9. The van der Waals surface area contributed by atoms with E-state index in [4.69, 9.17) is 0 Å². The molecule has 30 heavy (non-hydrogen) atoms. The van der Waals surface area contributed by atoms with E-state index in [1.165, 1.54) is 0 Å². The quantitative estimate of drug-likeness (QED) is 0.376. The first-order valence-corrected chi connectivity index (χ1v) is 10.1. The largest absolute Gasteiger partial charge is 0.352 e. The molecule has 2 heterocycles. The molecule has 0 saturated carbocycles. The third kappa shape index (κ3) is 4.17. The van der Waals surface area contributed by atoms with E-state index >= 15 is 0 Å². The van der Waals surface area contributed by atoms with Gasteiger partial charge in [0, 0.05) is 30.4 Å². The topological polar surface area (TPSA) is 64.7 Å². The van der Waals surface area contributed by atoms with E-state index in [9.17, 15) is 4.79 Å². The van der Waals surface area contributed by atoms with Crippen molar-refractivity contribution in [3.8, 4) is 5.69 Å². The summed E-state index contributed by atoms with van der Waals surface area (Å²) in [5.74, 6) is -0.100. The van der Waals surface area contributed by atoms with E-state index < -0.39 is 0 Å². The first-order chi connectivity index (χ1) is 14.6. The Hall–Kier alpha value is -3.67. The van der Waals surface area contributed by atoms with Crippen LogP contribution in [0.5, 0.6) is 0 Å². The Morgan fingerprint density at radius 2 is 1.83 bits per heavy atom. The molecule has 0 aliphatic rings. The molecule has 0 aliphatic heterocycles. The highest BCUT2D eigenvalue weighted by atomic mass is 16.1. The van der Waals surface area contributed by atoms with Crippen LogP contribution in [0.15, 0.2) is 67.0 Å². The maximum atomic E-state index is 12.2. The van der Waals surface area contributed by atoms with Gasteiger partial charge in [0.1, 0.15) is 0 Å². The summed E-state index contributed by atoms with van der Waals surface area (Å²) < 4.78 is 4.02. The molecule has 0 fully saturated rings. The van der Waals surface area contributed by atoms with Gasteiger partial charge in [-0.25, -0.2) is 9.67 Å². The normalized spacial score (nSPS) is 11.4. The summed E-state index contributed by atoms with van der Waals surface area (Å²) in [4.78, 5) is 16.6. The van der Waals surface area contributed by atoms with Crippen LogP contribution in [0.25, 0.3) is 22.8 Å².